The first-order valence-electron chi connectivity index (χ1n) is 12.3. The first-order chi connectivity index (χ1) is 17.0. The van der Waals surface area contributed by atoms with Gasteiger partial charge in [0, 0.05) is 36.2 Å². The number of carboxylic acid groups (broad SMARTS) is 1. The lowest BCUT2D eigenvalue weighted by Gasteiger charge is -2.47. The number of benzene rings is 2. The second-order valence-corrected chi connectivity index (χ2v) is 9.62. The number of para-hydroxylation sites is 1. The molecule has 8 heteroatoms. The predicted molar refractivity (Wildman–Crippen MR) is 132 cm³/mol. The molecule has 3 aliphatic rings. The topological polar surface area (TPSA) is 99.2 Å². The molecular formula is C27H31N3O5. The number of hydrogen-bond donors (Lipinski definition) is 2. The van der Waals surface area contributed by atoms with E-state index in [0.29, 0.717) is 11.4 Å². The molecular weight excluding hydrogens is 446 g/mol. The second-order valence-electron chi connectivity index (χ2n) is 9.62. The number of hydrogen-bond acceptors (Lipinski definition) is 4. The van der Waals surface area contributed by atoms with Crippen molar-refractivity contribution in [2.45, 2.75) is 63.1 Å². The number of carbonyl (C=O) groups is 3. The van der Waals surface area contributed by atoms with E-state index in [4.69, 9.17) is 9.84 Å². The van der Waals surface area contributed by atoms with E-state index < -0.39 is 5.97 Å². The molecule has 0 bridgehead atoms. The van der Waals surface area contributed by atoms with Crippen LogP contribution in [0.5, 0.6) is 5.75 Å². The van der Waals surface area contributed by atoms with E-state index in [-0.39, 0.29) is 48.8 Å². The zero-order valence-corrected chi connectivity index (χ0v) is 19.9. The van der Waals surface area contributed by atoms with Crippen molar-refractivity contribution < 1.29 is 24.2 Å². The van der Waals surface area contributed by atoms with Gasteiger partial charge in [0.05, 0.1) is 25.3 Å². The Labute approximate surface area is 204 Å². The van der Waals surface area contributed by atoms with E-state index in [0.717, 1.165) is 43.4 Å². The zero-order chi connectivity index (χ0) is 24.5. The highest BCUT2D eigenvalue weighted by Gasteiger charge is 2.51. The molecule has 3 amide bonds. The Morgan fingerprint density at radius 3 is 2.60 bits per heavy atom. The number of ether oxygens (including phenoxy) is 1. The van der Waals surface area contributed by atoms with Gasteiger partial charge in [-0.05, 0) is 49.4 Å². The molecule has 2 fully saturated rings. The predicted octanol–water partition coefficient (Wildman–Crippen LogP) is 4.81. The Morgan fingerprint density at radius 1 is 1.06 bits per heavy atom. The normalized spacial score (nSPS) is 22.7. The Bertz CT molecular complexity index is 1130. The average Bonchev–Trinajstić information content (AvgIpc) is 3.58. The van der Waals surface area contributed by atoms with Crippen molar-refractivity contribution in [1.82, 2.24) is 4.90 Å². The van der Waals surface area contributed by atoms with Crippen LogP contribution < -0.4 is 15.0 Å². The quantitative estimate of drug-likeness (QED) is 0.596. The fourth-order valence-corrected chi connectivity index (χ4v) is 5.81. The lowest BCUT2D eigenvalue weighted by molar-refractivity contribution is -0.142. The number of rotatable bonds is 7. The number of methoxy groups -OCH3 is 1. The van der Waals surface area contributed by atoms with Crippen LogP contribution in [0, 0.1) is 5.92 Å². The Morgan fingerprint density at radius 2 is 1.86 bits per heavy atom. The van der Waals surface area contributed by atoms with Crippen molar-refractivity contribution in [1.29, 1.82) is 0 Å². The largest absolute Gasteiger partial charge is 0.497 e. The molecule has 5 rings (SSSR count). The molecule has 2 aromatic carbocycles. The van der Waals surface area contributed by atoms with Crippen molar-refractivity contribution in [3.05, 3.63) is 54.1 Å². The van der Waals surface area contributed by atoms with Crippen LogP contribution >= 0.6 is 0 Å². The van der Waals surface area contributed by atoms with Crippen LogP contribution in [0.2, 0.25) is 0 Å². The van der Waals surface area contributed by atoms with E-state index in [1.807, 2.05) is 52.3 Å². The molecule has 1 aliphatic heterocycles. The molecule has 184 valence electrons. The molecule has 0 spiro atoms. The first-order valence-corrected chi connectivity index (χ1v) is 12.3. The Hall–Kier alpha value is -3.55. The summed E-state index contributed by atoms with van der Waals surface area (Å²) in [5, 5.41) is 12.2. The maximum atomic E-state index is 13.6. The average molecular weight is 478 g/mol. The van der Waals surface area contributed by atoms with Gasteiger partial charge in [-0.1, -0.05) is 30.7 Å². The SMILES string of the molecule is COc1cccc(NC(=O)N2c3ccccc3C(N(C(=O)CCC(=O)O)C3CC3)C3CCCC32)c1. The Kier molecular flexibility index (Phi) is 6.36. The van der Waals surface area contributed by atoms with Crippen LogP contribution in [0.1, 0.15) is 56.6 Å². The summed E-state index contributed by atoms with van der Waals surface area (Å²) in [5.41, 5.74) is 2.44. The summed E-state index contributed by atoms with van der Waals surface area (Å²) < 4.78 is 5.29. The lowest BCUT2D eigenvalue weighted by Crippen LogP contribution is -2.53. The molecule has 0 radical (unpaired) electrons. The summed E-state index contributed by atoms with van der Waals surface area (Å²) >= 11 is 0. The van der Waals surface area contributed by atoms with Gasteiger partial charge >= 0.3 is 12.0 Å². The third-order valence-electron chi connectivity index (χ3n) is 7.40. The molecule has 3 atom stereocenters. The van der Waals surface area contributed by atoms with E-state index >= 15 is 0 Å². The molecule has 2 N–H and O–H groups in total. The maximum Gasteiger partial charge on any atom is 0.326 e. The lowest BCUT2D eigenvalue weighted by atomic mass is 9.81. The minimum absolute atomic E-state index is 0.00191. The van der Waals surface area contributed by atoms with Gasteiger partial charge < -0.3 is 20.1 Å². The number of aliphatic carboxylic acids is 1. The van der Waals surface area contributed by atoms with Gasteiger partial charge in [0.25, 0.3) is 0 Å². The highest BCUT2D eigenvalue weighted by atomic mass is 16.5. The molecule has 35 heavy (non-hydrogen) atoms. The molecule has 2 aromatic rings. The van der Waals surface area contributed by atoms with Gasteiger partial charge in [-0.3, -0.25) is 14.5 Å². The summed E-state index contributed by atoms with van der Waals surface area (Å²) in [6.45, 7) is 0. The van der Waals surface area contributed by atoms with Gasteiger partial charge in [-0.15, -0.1) is 0 Å². The van der Waals surface area contributed by atoms with Crippen molar-refractivity contribution in [2.75, 3.05) is 17.3 Å². The van der Waals surface area contributed by atoms with Crippen molar-refractivity contribution in [3.8, 4) is 5.75 Å². The van der Waals surface area contributed by atoms with Crippen LogP contribution in [0.3, 0.4) is 0 Å². The van der Waals surface area contributed by atoms with Crippen LogP contribution in [-0.4, -0.2) is 47.1 Å². The summed E-state index contributed by atoms with van der Waals surface area (Å²) in [4.78, 5) is 41.9. The summed E-state index contributed by atoms with van der Waals surface area (Å²) in [6, 6.07) is 14.9. The van der Waals surface area contributed by atoms with Crippen molar-refractivity contribution in [2.24, 2.45) is 5.92 Å². The molecule has 1 heterocycles. The molecule has 2 aliphatic carbocycles. The minimum atomic E-state index is -0.961. The second kappa shape index (κ2) is 9.60. The van der Waals surface area contributed by atoms with E-state index in [9.17, 15) is 14.4 Å². The number of nitrogens with one attached hydrogen (secondary N) is 1. The number of anilines is 2. The number of carboxylic acids is 1. The van der Waals surface area contributed by atoms with Gasteiger partial charge in [0.15, 0.2) is 0 Å². The highest BCUT2D eigenvalue weighted by Crippen LogP contribution is 2.52. The van der Waals surface area contributed by atoms with Crippen LogP contribution in [-0.2, 0) is 9.59 Å². The summed E-state index contributed by atoms with van der Waals surface area (Å²) in [6.07, 6.45) is 4.47. The molecule has 2 saturated carbocycles. The number of urea groups is 1. The minimum Gasteiger partial charge on any atom is -0.497 e. The number of nitrogens with zero attached hydrogens (tertiary/aromatic N) is 2. The molecule has 0 aromatic heterocycles. The van der Waals surface area contributed by atoms with Crippen LogP contribution in [0.4, 0.5) is 16.2 Å². The van der Waals surface area contributed by atoms with Gasteiger partial charge in [-0.25, -0.2) is 4.79 Å². The summed E-state index contributed by atoms with van der Waals surface area (Å²) in [7, 11) is 1.59. The van der Waals surface area contributed by atoms with Crippen LogP contribution in [0.25, 0.3) is 0 Å². The van der Waals surface area contributed by atoms with Crippen LogP contribution in [0.15, 0.2) is 48.5 Å². The van der Waals surface area contributed by atoms with E-state index in [1.165, 1.54) is 0 Å². The van der Waals surface area contributed by atoms with Gasteiger partial charge in [0.1, 0.15) is 5.75 Å². The Balaban J connectivity index is 1.49. The molecule has 3 unspecified atom stereocenters. The fraction of sp³-hybridized carbons (Fsp3) is 0.444. The standard InChI is InChI=1S/C27H31N3O5/c1-35-19-7-4-6-17(16-19)28-27(34)30-22-10-3-2-8-20(22)26(21-9-5-11-23(21)30)29(18-12-13-18)24(31)14-15-25(32)33/h2-4,6-8,10,16,18,21,23,26H,5,9,11-15H2,1H3,(H,28,34)(H,32,33). The zero-order valence-electron chi connectivity index (χ0n) is 19.9. The fourth-order valence-electron chi connectivity index (χ4n) is 5.81. The van der Waals surface area contributed by atoms with Gasteiger partial charge in [-0.2, -0.15) is 0 Å². The number of fused-ring (bicyclic) bond motifs is 2. The molecule has 8 nitrogen and oxygen atoms in total. The van der Waals surface area contributed by atoms with Crippen molar-refractivity contribution >= 4 is 29.3 Å². The molecule has 0 saturated heterocycles. The van der Waals surface area contributed by atoms with E-state index in [1.54, 1.807) is 13.2 Å². The monoisotopic (exact) mass is 477 g/mol. The summed E-state index contributed by atoms with van der Waals surface area (Å²) in [5.74, 6) is -0.289. The number of carbonyl (C=O) groups excluding carboxylic acids is 2. The van der Waals surface area contributed by atoms with Gasteiger partial charge in [0.2, 0.25) is 5.91 Å². The van der Waals surface area contributed by atoms with Crippen molar-refractivity contribution in [3.63, 3.8) is 0 Å². The third kappa shape index (κ3) is 4.57. The smallest absolute Gasteiger partial charge is 0.326 e. The third-order valence-corrected chi connectivity index (χ3v) is 7.40. The highest BCUT2D eigenvalue weighted by molar-refractivity contribution is 6.03. The van der Waals surface area contributed by atoms with E-state index in [2.05, 4.69) is 5.32 Å². The maximum absolute atomic E-state index is 13.6. The first kappa shape index (κ1) is 23.2. The number of amides is 3.